The van der Waals surface area contributed by atoms with Crippen LogP contribution in [0.5, 0.6) is 5.75 Å². The van der Waals surface area contributed by atoms with Crippen molar-refractivity contribution < 1.29 is 5.11 Å². The lowest BCUT2D eigenvalue weighted by Gasteiger charge is -2.08. The topological polar surface area (TPSA) is 60.9 Å². The highest BCUT2D eigenvalue weighted by atomic mass is 16.3. The number of phenols is 1. The highest BCUT2D eigenvalue weighted by Crippen LogP contribution is 2.20. The average Bonchev–Trinajstić information content (AvgIpc) is 2.69. The molecule has 78 valence electrons. The van der Waals surface area contributed by atoms with Gasteiger partial charge in [-0.2, -0.15) is 0 Å². The van der Waals surface area contributed by atoms with Gasteiger partial charge in [-0.3, -0.25) is 0 Å². The maximum Gasteiger partial charge on any atom is 0.115 e. The molecule has 0 saturated carbocycles. The van der Waals surface area contributed by atoms with E-state index in [2.05, 4.69) is 15.3 Å². The van der Waals surface area contributed by atoms with Gasteiger partial charge >= 0.3 is 0 Å². The molecule has 1 aromatic heterocycles. The standard InChI is InChI=1S/C11H13N3O/c1-8-4-10(15)2-3-11(8)13-6-9-5-12-7-14-9/h2-5,7,13,15H,6H2,1H3,(H,12,14). The molecule has 0 aliphatic carbocycles. The van der Waals surface area contributed by atoms with Crippen molar-refractivity contribution in [3.8, 4) is 5.75 Å². The molecule has 2 aromatic rings. The van der Waals surface area contributed by atoms with Gasteiger partial charge in [0, 0.05) is 11.9 Å². The van der Waals surface area contributed by atoms with Crippen molar-refractivity contribution in [1.82, 2.24) is 9.97 Å². The first kappa shape index (κ1) is 9.58. The maximum atomic E-state index is 9.25. The minimum absolute atomic E-state index is 0.291. The Bertz CT molecular complexity index is 437. The monoisotopic (exact) mass is 203 g/mol. The number of aromatic nitrogens is 2. The molecule has 4 heteroatoms. The summed E-state index contributed by atoms with van der Waals surface area (Å²) in [5, 5.41) is 12.5. The second-order valence-corrected chi connectivity index (χ2v) is 3.43. The summed E-state index contributed by atoms with van der Waals surface area (Å²) in [7, 11) is 0. The number of H-pyrrole nitrogens is 1. The van der Waals surface area contributed by atoms with E-state index < -0.39 is 0 Å². The summed E-state index contributed by atoms with van der Waals surface area (Å²) in [5.74, 6) is 0.291. The Morgan fingerprint density at radius 2 is 2.33 bits per heavy atom. The lowest BCUT2D eigenvalue weighted by Crippen LogP contribution is -2.00. The van der Waals surface area contributed by atoms with E-state index in [9.17, 15) is 5.11 Å². The zero-order chi connectivity index (χ0) is 10.7. The smallest absolute Gasteiger partial charge is 0.115 e. The predicted octanol–water partition coefficient (Wildman–Crippen LogP) is 2.04. The van der Waals surface area contributed by atoms with Crippen LogP contribution in [0.15, 0.2) is 30.7 Å². The third kappa shape index (κ3) is 2.28. The predicted molar refractivity (Wildman–Crippen MR) is 58.8 cm³/mol. The Balaban J connectivity index is 2.05. The van der Waals surface area contributed by atoms with E-state index in [1.807, 2.05) is 13.0 Å². The normalized spacial score (nSPS) is 10.2. The molecule has 15 heavy (non-hydrogen) atoms. The van der Waals surface area contributed by atoms with Gasteiger partial charge in [-0.05, 0) is 30.7 Å². The highest BCUT2D eigenvalue weighted by molar-refractivity contribution is 5.53. The summed E-state index contributed by atoms with van der Waals surface area (Å²) < 4.78 is 0. The Labute approximate surface area is 88.0 Å². The number of aromatic amines is 1. The molecule has 4 nitrogen and oxygen atoms in total. The molecule has 0 radical (unpaired) electrons. The first-order valence-corrected chi connectivity index (χ1v) is 4.76. The van der Waals surface area contributed by atoms with Gasteiger partial charge in [-0.1, -0.05) is 0 Å². The number of benzene rings is 1. The number of nitrogens with zero attached hydrogens (tertiary/aromatic N) is 1. The molecule has 2 rings (SSSR count). The fraction of sp³-hybridized carbons (Fsp3) is 0.182. The molecule has 0 atom stereocenters. The van der Waals surface area contributed by atoms with Crippen LogP contribution in [0.25, 0.3) is 0 Å². The number of aryl methyl sites for hydroxylation is 1. The molecule has 0 fully saturated rings. The number of hydrogen-bond donors (Lipinski definition) is 3. The number of aromatic hydroxyl groups is 1. The van der Waals surface area contributed by atoms with Crippen LogP contribution in [0.2, 0.25) is 0 Å². The number of nitrogens with one attached hydrogen (secondary N) is 2. The lowest BCUT2D eigenvalue weighted by molar-refractivity contribution is 0.475. The lowest BCUT2D eigenvalue weighted by atomic mass is 10.2. The Morgan fingerprint density at radius 1 is 1.47 bits per heavy atom. The summed E-state index contributed by atoms with van der Waals surface area (Å²) >= 11 is 0. The van der Waals surface area contributed by atoms with Gasteiger partial charge in [0.15, 0.2) is 0 Å². The second-order valence-electron chi connectivity index (χ2n) is 3.43. The summed E-state index contributed by atoms with van der Waals surface area (Å²) in [5.41, 5.74) is 3.07. The second kappa shape index (κ2) is 4.04. The SMILES string of the molecule is Cc1cc(O)ccc1NCc1cnc[nH]1. The van der Waals surface area contributed by atoms with Crippen molar-refractivity contribution in [2.24, 2.45) is 0 Å². The quantitative estimate of drug-likeness (QED) is 0.669. The first-order valence-electron chi connectivity index (χ1n) is 4.76. The van der Waals surface area contributed by atoms with Gasteiger partial charge in [0.1, 0.15) is 5.75 Å². The van der Waals surface area contributed by atoms with Gasteiger partial charge in [-0.15, -0.1) is 0 Å². The Hall–Kier alpha value is -1.97. The molecular formula is C11H13N3O. The van der Waals surface area contributed by atoms with Crippen molar-refractivity contribution in [3.05, 3.63) is 42.0 Å². The number of imidazole rings is 1. The number of anilines is 1. The Kier molecular flexibility index (Phi) is 2.58. The van der Waals surface area contributed by atoms with Crippen molar-refractivity contribution in [3.63, 3.8) is 0 Å². The number of phenolic OH excluding ortho intramolecular Hbond substituents is 1. The minimum atomic E-state index is 0.291. The summed E-state index contributed by atoms with van der Waals surface area (Å²) in [6, 6.07) is 5.26. The van der Waals surface area contributed by atoms with Gasteiger partial charge in [-0.25, -0.2) is 4.98 Å². The van der Waals surface area contributed by atoms with Crippen LogP contribution in [-0.2, 0) is 6.54 Å². The highest BCUT2D eigenvalue weighted by Gasteiger charge is 1.99. The maximum absolute atomic E-state index is 9.25. The van der Waals surface area contributed by atoms with Crippen molar-refractivity contribution in [1.29, 1.82) is 0 Å². The molecule has 0 spiro atoms. The number of rotatable bonds is 3. The van der Waals surface area contributed by atoms with E-state index in [4.69, 9.17) is 0 Å². The largest absolute Gasteiger partial charge is 0.508 e. The molecule has 3 N–H and O–H groups in total. The van der Waals surface area contributed by atoms with Crippen LogP contribution in [0.1, 0.15) is 11.3 Å². The molecule has 0 unspecified atom stereocenters. The molecule has 0 aliphatic heterocycles. The van der Waals surface area contributed by atoms with Crippen LogP contribution < -0.4 is 5.32 Å². The van der Waals surface area contributed by atoms with Crippen LogP contribution >= 0.6 is 0 Å². The van der Waals surface area contributed by atoms with Crippen LogP contribution in [0.3, 0.4) is 0 Å². The molecular weight excluding hydrogens is 190 g/mol. The van der Waals surface area contributed by atoms with Gasteiger partial charge in [0.2, 0.25) is 0 Å². The number of hydrogen-bond acceptors (Lipinski definition) is 3. The van der Waals surface area contributed by atoms with E-state index in [1.54, 1.807) is 24.7 Å². The summed E-state index contributed by atoms with van der Waals surface area (Å²) in [6.07, 6.45) is 3.43. The minimum Gasteiger partial charge on any atom is -0.508 e. The first-order chi connectivity index (χ1) is 7.25. The van der Waals surface area contributed by atoms with E-state index >= 15 is 0 Å². The third-order valence-corrected chi connectivity index (χ3v) is 2.23. The van der Waals surface area contributed by atoms with Gasteiger partial charge in [0.25, 0.3) is 0 Å². The van der Waals surface area contributed by atoms with Crippen LogP contribution in [0, 0.1) is 6.92 Å². The fourth-order valence-electron chi connectivity index (χ4n) is 1.42. The zero-order valence-corrected chi connectivity index (χ0v) is 8.49. The average molecular weight is 203 g/mol. The van der Waals surface area contributed by atoms with E-state index in [0.29, 0.717) is 12.3 Å². The van der Waals surface area contributed by atoms with E-state index in [1.165, 1.54) is 0 Å². The molecule has 1 heterocycles. The summed E-state index contributed by atoms with van der Waals surface area (Å²) in [4.78, 5) is 6.95. The van der Waals surface area contributed by atoms with Crippen LogP contribution in [0.4, 0.5) is 5.69 Å². The van der Waals surface area contributed by atoms with E-state index in [-0.39, 0.29) is 0 Å². The molecule has 1 aromatic carbocycles. The molecule has 0 amide bonds. The zero-order valence-electron chi connectivity index (χ0n) is 8.49. The fourth-order valence-corrected chi connectivity index (χ4v) is 1.42. The molecule has 0 bridgehead atoms. The summed E-state index contributed by atoms with van der Waals surface area (Å²) in [6.45, 7) is 2.65. The molecule has 0 aliphatic rings. The van der Waals surface area contributed by atoms with Crippen molar-refractivity contribution in [2.75, 3.05) is 5.32 Å². The van der Waals surface area contributed by atoms with Crippen molar-refractivity contribution in [2.45, 2.75) is 13.5 Å². The molecule has 0 saturated heterocycles. The van der Waals surface area contributed by atoms with E-state index in [0.717, 1.165) is 16.9 Å². The van der Waals surface area contributed by atoms with Crippen LogP contribution in [-0.4, -0.2) is 15.1 Å². The van der Waals surface area contributed by atoms with Crippen molar-refractivity contribution >= 4 is 5.69 Å². The van der Waals surface area contributed by atoms with Gasteiger partial charge < -0.3 is 15.4 Å². The van der Waals surface area contributed by atoms with Gasteiger partial charge in [0.05, 0.1) is 18.6 Å². The third-order valence-electron chi connectivity index (χ3n) is 2.23. The Morgan fingerprint density at radius 3 is 3.00 bits per heavy atom.